The van der Waals surface area contributed by atoms with Gasteiger partial charge in [0.15, 0.2) is 11.5 Å². The summed E-state index contributed by atoms with van der Waals surface area (Å²) in [5, 5.41) is 9.37. The van der Waals surface area contributed by atoms with Gasteiger partial charge in [0.25, 0.3) is 5.91 Å². The second-order valence-corrected chi connectivity index (χ2v) is 6.64. The summed E-state index contributed by atoms with van der Waals surface area (Å²) in [7, 11) is 0. The number of aliphatic hydroxyl groups excluding tert-OH is 1. The lowest BCUT2D eigenvalue weighted by Crippen LogP contribution is -2.27. The van der Waals surface area contributed by atoms with E-state index in [-0.39, 0.29) is 31.1 Å². The van der Waals surface area contributed by atoms with E-state index in [1.165, 1.54) is 16.8 Å². The Hall–Kier alpha value is -2.93. The van der Waals surface area contributed by atoms with Crippen LogP contribution in [-0.2, 0) is 16.1 Å². The molecule has 27 heavy (non-hydrogen) atoms. The van der Waals surface area contributed by atoms with Crippen LogP contribution in [0.5, 0.6) is 0 Å². The third-order valence-electron chi connectivity index (χ3n) is 3.96. The van der Waals surface area contributed by atoms with E-state index in [4.69, 9.17) is 10.5 Å². The SMILES string of the molecule is CC(C)CC(=O)O[C@@H](c1ccccc1)c1cc(=O)c(C(N)=O)cn1CCO. The van der Waals surface area contributed by atoms with Gasteiger partial charge >= 0.3 is 5.97 Å². The second kappa shape index (κ2) is 9.14. The Bertz CT molecular complexity index is 858. The summed E-state index contributed by atoms with van der Waals surface area (Å²) in [5.74, 6) is -1.14. The average Bonchev–Trinajstić information content (AvgIpc) is 2.61. The minimum atomic E-state index is -0.855. The van der Waals surface area contributed by atoms with Crippen molar-refractivity contribution in [2.75, 3.05) is 6.61 Å². The largest absolute Gasteiger partial charge is 0.451 e. The van der Waals surface area contributed by atoms with Gasteiger partial charge in [-0.25, -0.2) is 0 Å². The number of amides is 1. The van der Waals surface area contributed by atoms with Crippen LogP contribution >= 0.6 is 0 Å². The highest BCUT2D eigenvalue weighted by Crippen LogP contribution is 2.26. The van der Waals surface area contributed by atoms with E-state index < -0.39 is 23.4 Å². The van der Waals surface area contributed by atoms with Crippen LogP contribution in [0.25, 0.3) is 0 Å². The van der Waals surface area contributed by atoms with Crippen molar-refractivity contribution in [2.24, 2.45) is 11.7 Å². The lowest BCUT2D eigenvalue weighted by atomic mass is 10.0. The number of nitrogens with zero attached hydrogens (tertiary/aromatic N) is 1. The predicted molar refractivity (Wildman–Crippen MR) is 100 cm³/mol. The first-order valence-electron chi connectivity index (χ1n) is 8.73. The molecule has 1 atom stereocenters. The van der Waals surface area contributed by atoms with E-state index in [1.807, 2.05) is 19.9 Å². The average molecular weight is 372 g/mol. The number of hydrogen-bond donors (Lipinski definition) is 2. The Morgan fingerprint density at radius 2 is 1.89 bits per heavy atom. The van der Waals surface area contributed by atoms with Crippen LogP contribution in [0, 0.1) is 5.92 Å². The number of carbonyl (C=O) groups is 2. The highest BCUT2D eigenvalue weighted by Gasteiger charge is 2.24. The molecule has 0 unspecified atom stereocenters. The lowest BCUT2D eigenvalue weighted by Gasteiger charge is -2.23. The Labute approximate surface area is 157 Å². The van der Waals surface area contributed by atoms with Crippen LogP contribution in [0.1, 0.15) is 48.0 Å². The van der Waals surface area contributed by atoms with E-state index in [1.54, 1.807) is 24.3 Å². The topological polar surface area (TPSA) is 112 Å². The molecule has 1 amide bonds. The molecule has 2 rings (SSSR count). The second-order valence-electron chi connectivity index (χ2n) is 6.64. The molecule has 0 aliphatic heterocycles. The molecule has 1 heterocycles. The third-order valence-corrected chi connectivity index (χ3v) is 3.96. The van der Waals surface area contributed by atoms with Crippen LogP contribution in [0.4, 0.5) is 0 Å². The first-order valence-corrected chi connectivity index (χ1v) is 8.73. The summed E-state index contributed by atoms with van der Waals surface area (Å²) in [6.07, 6.45) is 0.675. The summed E-state index contributed by atoms with van der Waals surface area (Å²) < 4.78 is 7.20. The first kappa shape index (κ1) is 20.4. The number of benzene rings is 1. The number of pyridine rings is 1. The molecule has 0 saturated heterocycles. The molecule has 0 aliphatic rings. The summed E-state index contributed by atoms with van der Waals surface area (Å²) in [6.45, 7) is 3.70. The Balaban J connectivity index is 2.57. The normalized spacial score (nSPS) is 12.0. The van der Waals surface area contributed by atoms with E-state index in [0.717, 1.165) is 0 Å². The van der Waals surface area contributed by atoms with Crippen LogP contribution in [-0.4, -0.2) is 28.2 Å². The molecule has 0 radical (unpaired) electrons. The van der Waals surface area contributed by atoms with Crippen molar-refractivity contribution in [2.45, 2.75) is 32.9 Å². The zero-order valence-electron chi connectivity index (χ0n) is 15.4. The Morgan fingerprint density at radius 1 is 1.22 bits per heavy atom. The molecule has 7 heteroatoms. The maximum atomic E-state index is 12.3. The first-order chi connectivity index (χ1) is 12.8. The molecule has 0 bridgehead atoms. The fourth-order valence-corrected chi connectivity index (χ4v) is 2.74. The number of esters is 1. The number of aromatic nitrogens is 1. The van der Waals surface area contributed by atoms with Gasteiger partial charge in [0.2, 0.25) is 0 Å². The Morgan fingerprint density at radius 3 is 2.44 bits per heavy atom. The zero-order valence-corrected chi connectivity index (χ0v) is 15.4. The highest BCUT2D eigenvalue weighted by molar-refractivity contribution is 5.92. The van der Waals surface area contributed by atoms with Gasteiger partial charge in [-0.05, 0) is 11.5 Å². The summed E-state index contributed by atoms with van der Waals surface area (Å²) >= 11 is 0. The van der Waals surface area contributed by atoms with Gasteiger partial charge in [-0.2, -0.15) is 0 Å². The fourth-order valence-electron chi connectivity index (χ4n) is 2.74. The number of ether oxygens (including phenoxy) is 1. The fraction of sp³-hybridized carbons (Fsp3) is 0.350. The molecular weight excluding hydrogens is 348 g/mol. The quantitative estimate of drug-likeness (QED) is 0.684. The molecule has 7 nitrogen and oxygen atoms in total. The van der Waals surface area contributed by atoms with Gasteiger partial charge in [-0.15, -0.1) is 0 Å². The molecule has 0 spiro atoms. The highest BCUT2D eigenvalue weighted by atomic mass is 16.5. The Kier molecular flexibility index (Phi) is 6.90. The maximum Gasteiger partial charge on any atom is 0.307 e. The third kappa shape index (κ3) is 5.27. The summed E-state index contributed by atoms with van der Waals surface area (Å²) in [5.41, 5.74) is 5.54. The minimum Gasteiger partial charge on any atom is -0.451 e. The van der Waals surface area contributed by atoms with Crippen molar-refractivity contribution >= 4 is 11.9 Å². The number of primary amides is 1. The molecule has 0 fully saturated rings. The summed E-state index contributed by atoms with van der Waals surface area (Å²) in [4.78, 5) is 36.1. The van der Waals surface area contributed by atoms with Crippen molar-refractivity contribution in [3.05, 3.63) is 69.6 Å². The molecule has 1 aromatic heterocycles. The molecule has 144 valence electrons. The van der Waals surface area contributed by atoms with Gasteiger partial charge < -0.3 is 20.1 Å². The number of rotatable bonds is 8. The van der Waals surface area contributed by atoms with Gasteiger partial charge in [-0.3, -0.25) is 14.4 Å². The van der Waals surface area contributed by atoms with Crippen molar-refractivity contribution in [1.29, 1.82) is 0 Å². The number of nitrogens with two attached hydrogens (primary N) is 1. The standard InChI is InChI=1S/C20H24N2O5/c1-13(2)10-18(25)27-19(14-6-4-3-5-7-14)16-11-17(24)15(20(21)26)12-22(16)8-9-23/h3-7,11-13,19,23H,8-10H2,1-2H3,(H2,21,26)/t19-/m0/s1. The van der Waals surface area contributed by atoms with Crippen LogP contribution in [0.3, 0.4) is 0 Å². The van der Waals surface area contributed by atoms with Gasteiger partial charge in [0, 0.05) is 25.2 Å². The smallest absolute Gasteiger partial charge is 0.307 e. The van der Waals surface area contributed by atoms with Crippen LogP contribution in [0.15, 0.2) is 47.4 Å². The zero-order chi connectivity index (χ0) is 20.0. The molecule has 0 aliphatic carbocycles. The van der Waals surface area contributed by atoms with Crippen LogP contribution in [0.2, 0.25) is 0 Å². The predicted octanol–water partition coefficient (Wildman–Crippen LogP) is 1.62. The van der Waals surface area contributed by atoms with Gasteiger partial charge in [0.1, 0.15) is 5.56 Å². The van der Waals surface area contributed by atoms with Crippen molar-refractivity contribution in [3.63, 3.8) is 0 Å². The van der Waals surface area contributed by atoms with E-state index in [9.17, 15) is 19.5 Å². The molecular formula is C20H24N2O5. The van der Waals surface area contributed by atoms with Gasteiger partial charge in [0.05, 0.1) is 12.3 Å². The molecule has 0 saturated carbocycles. The minimum absolute atomic E-state index is 0.112. The number of hydrogen-bond acceptors (Lipinski definition) is 5. The molecule has 2 aromatic rings. The van der Waals surface area contributed by atoms with E-state index in [2.05, 4.69) is 0 Å². The summed E-state index contributed by atoms with van der Waals surface area (Å²) in [6, 6.07) is 10.2. The molecule has 1 aromatic carbocycles. The van der Waals surface area contributed by atoms with Crippen LogP contribution < -0.4 is 11.2 Å². The maximum absolute atomic E-state index is 12.3. The van der Waals surface area contributed by atoms with E-state index in [0.29, 0.717) is 11.3 Å². The molecule has 3 N–H and O–H groups in total. The number of aliphatic hydroxyl groups is 1. The van der Waals surface area contributed by atoms with Crippen molar-refractivity contribution < 1.29 is 19.4 Å². The lowest BCUT2D eigenvalue weighted by molar-refractivity contribution is -0.148. The van der Waals surface area contributed by atoms with Crippen molar-refractivity contribution in [3.8, 4) is 0 Å². The number of carbonyl (C=O) groups excluding carboxylic acids is 2. The van der Waals surface area contributed by atoms with Crippen molar-refractivity contribution in [1.82, 2.24) is 4.57 Å². The van der Waals surface area contributed by atoms with E-state index >= 15 is 0 Å². The monoisotopic (exact) mass is 372 g/mol. The van der Waals surface area contributed by atoms with Gasteiger partial charge in [-0.1, -0.05) is 44.2 Å².